The van der Waals surface area contributed by atoms with Gasteiger partial charge in [-0.15, -0.1) is 0 Å². The van der Waals surface area contributed by atoms with E-state index in [-0.39, 0.29) is 12.3 Å². The van der Waals surface area contributed by atoms with E-state index in [1.807, 2.05) is 12.1 Å². The zero-order valence-corrected chi connectivity index (χ0v) is 10.6. The van der Waals surface area contributed by atoms with Crippen LogP contribution in [0.1, 0.15) is 5.69 Å². The number of carboxylic acid groups (broad SMARTS) is 1. The van der Waals surface area contributed by atoms with Gasteiger partial charge in [-0.05, 0) is 18.2 Å². The Morgan fingerprint density at radius 1 is 1.26 bits per heavy atom. The molecule has 0 radical (unpaired) electrons. The van der Waals surface area contributed by atoms with Crippen LogP contribution in [0.15, 0.2) is 30.3 Å². The van der Waals surface area contributed by atoms with Gasteiger partial charge >= 0.3 is 5.97 Å². The van der Waals surface area contributed by atoms with Gasteiger partial charge in [0.15, 0.2) is 0 Å². The number of nitrogens with zero attached hydrogens (tertiary/aromatic N) is 1. The van der Waals surface area contributed by atoms with Gasteiger partial charge < -0.3 is 10.4 Å². The van der Waals surface area contributed by atoms with Crippen molar-refractivity contribution in [1.82, 2.24) is 10.3 Å². The van der Waals surface area contributed by atoms with Crippen LogP contribution >= 0.6 is 11.6 Å². The molecule has 0 aliphatic rings. The highest BCUT2D eigenvalue weighted by molar-refractivity contribution is 6.31. The number of fused-ring (bicyclic) bond motifs is 1. The van der Waals surface area contributed by atoms with Crippen molar-refractivity contribution in [3.63, 3.8) is 0 Å². The number of halogens is 1. The number of benzene rings is 1. The summed E-state index contributed by atoms with van der Waals surface area (Å²) in [5.74, 6) is -1.46. The molecule has 2 N–H and O–H groups in total. The monoisotopic (exact) mass is 278 g/mol. The molecule has 1 heterocycles. The maximum absolute atomic E-state index is 11.5. The first kappa shape index (κ1) is 13.3. The van der Waals surface area contributed by atoms with Crippen LogP contribution in [0.25, 0.3) is 10.9 Å². The van der Waals surface area contributed by atoms with E-state index >= 15 is 0 Å². The third-order valence-corrected chi connectivity index (χ3v) is 2.73. The van der Waals surface area contributed by atoms with Crippen LogP contribution in [0.2, 0.25) is 5.02 Å². The molecular formula is C13H11ClN2O3. The van der Waals surface area contributed by atoms with E-state index in [0.717, 1.165) is 5.39 Å². The molecule has 0 atom stereocenters. The van der Waals surface area contributed by atoms with Crippen LogP contribution in [0.5, 0.6) is 0 Å². The molecule has 0 unspecified atom stereocenters. The quantitative estimate of drug-likeness (QED) is 0.891. The van der Waals surface area contributed by atoms with Gasteiger partial charge in [-0.1, -0.05) is 23.7 Å². The average molecular weight is 279 g/mol. The van der Waals surface area contributed by atoms with Gasteiger partial charge in [-0.2, -0.15) is 0 Å². The number of hydrogen-bond acceptors (Lipinski definition) is 3. The van der Waals surface area contributed by atoms with Crippen molar-refractivity contribution in [3.05, 3.63) is 41.0 Å². The number of carbonyl (C=O) groups excluding carboxylic acids is 1. The summed E-state index contributed by atoms with van der Waals surface area (Å²) in [5.41, 5.74) is 1.27. The van der Waals surface area contributed by atoms with Crippen molar-refractivity contribution in [3.8, 4) is 0 Å². The fourth-order valence-electron chi connectivity index (χ4n) is 1.63. The van der Waals surface area contributed by atoms with Crippen molar-refractivity contribution in [2.75, 3.05) is 6.54 Å². The van der Waals surface area contributed by atoms with Crippen LogP contribution in [0.3, 0.4) is 0 Å². The standard InChI is InChI=1S/C13H11ClN2O3/c14-9-3-1-8-2-4-10(16-11(8)5-9)6-12(17)15-7-13(18)19/h1-5H,6-7H2,(H,15,17)(H,18,19). The minimum absolute atomic E-state index is 0.0374. The zero-order chi connectivity index (χ0) is 13.8. The Morgan fingerprint density at radius 3 is 2.74 bits per heavy atom. The summed E-state index contributed by atoms with van der Waals surface area (Å²) in [4.78, 5) is 26.1. The van der Waals surface area contributed by atoms with Crippen LogP contribution in [-0.4, -0.2) is 28.5 Å². The van der Waals surface area contributed by atoms with Crippen LogP contribution in [0.4, 0.5) is 0 Å². The number of carbonyl (C=O) groups is 2. The molecule has 98 valence electrons. The molecule has 0 saturated carbocycles. The maximum atomic E-state index is 11.5. The highest BCUT2D eigenvalue weighted by Gasteiger charge is 2.07. The second-order valence-electron chi connectivity index (χ2n) is 3.99. The van der Waals surface area contributed by atoms with Gasteiger partial charge in [-0.25, -0.2) is 0 Å². The van der Waals surface area contributed by atoms with Crippen molar-refractivity contribution < 1.29 is 14.7 Å². The fraction of sp³-hybridized carbons (Fsp3) is 0.154. The molecule has 1 aromatic carbocycles. The number of hydrogen-bond donors (Lipinski definition) is 2. The van der Waals surface area contributed by atoms with E-state index in [9.17, 15) is 9.59 Å². The lowest BCUT2D eigenvalue weighted by atomic mass is 10.2. The number of aliphatic carboxylic acids is 1. The number of carboxylic acids is 1. The minimum atomic E-state index is -1.08. The molecule has 1 amide bonds. The summed E-state index contributed by atoms with van der Waals surface area (Å²) in [7, 11) is 0. The lowest BCUT2D eigenvalue weighted by Gasteiger charge is -2.04. The molecule has 1 aromatic heterocycles. The Morgan fingerprint density at radius 2 is 2.00 bits per heavy atom. The molecule has 19 heavy (non-hydrogen) atoms. The molecular weight excluding hydrogens is 268 g/mol. The van der Waals surface area contributed by atoms with E-state index in [2.05, 4.69) is 10.3 Å². The van der Waals surface area contributed by atoms with Gasteiger partial charge in [0.1, 0.15) is 6.54 Å². The topological polar surface area (TPSA) is 79.3 Å². The highest BCUT2D eigenvalue weighted by atomic mass is 35.5. The second-order valence-corrected chi connectivity index (χ2v) is 4.42. The van der Waals surface area contributed by atoms with Crippen LogP contribution in [-0.2, 0) is 16.0 Å². The van der Waals surface area contributed by atoms with Crippen LogP contribution in [0, 0.1) is 0 Å². The van der Waals surface area contributed by atoms with Crippen molar-refractivity contribution in [2.24, 2.45) is 0 Å². The Kier molecular flexibility index (Phi) is 3.97. The van der Waals surface area contributed by atoms with Crippen LogP contribution < -0.4 is 5.32 Å². The maximum Gasteiger partial charge on any atom is 0.322 e. The van der Waals surface area contributed by atoms with Gasteiger partial charge in [0.2, 0.25) is 5.91 Å². The number of aromatic nitrogens is 1. The molecule has 2 rings (SSSR count). The smallest absolute Gasteiger partial charge is 0.322 e. The minimum Gasteiger partial charge on any atom is -0.480 e. The lowest BCUT2D eigenvalue weighted by molar-refractivity contribution is -0.137. The summed E-state index contributed by atoms with van der Waals surface area (Å²) >= 11 is 5.88. The Bertz CT molecular complexity index is 643. The van der Waals surface area contributed by atoms with E-state index in [1.165, 1.54) is 0 Å². The molecule has 0 bridgehead atoms. The summed E-state index contributed by atoms with van der Waals surface area (Å²) in [6, 6.07) is 8.91. The summed E-state index contributed by atoms with van der Waals surface area (Å²) < 4.78 is 0. The summed E-state index contributed by atoms with van der Waals surface area (Å²) in [6.45, 7) is -0.391. The van der Waals surface area contributed by atoms with E-state index < -0.39 is 12.5 Å². The third kappa shape index (κ3) is 3.66. The van der Waals surface area contributed by atoms with E-state index in [4.69, 9.17) is 16.7 Å². The first-order valence-corrected chi connectivity index (χ1v) is 5.96. The molecule has 6 heteroatoms. The summed E-state index contributed by atoms with van der Waals surface area (Å²) in [6.07, 6.45) is 0.0374. The van der Waals surface area contributed by atoms with Gasteiger partial charge in [0.05, 0.1) is 17.6 Å². The number of pyridine rings is 1. The molecule has 0 fully saturated rings. The Labute approximate surface area is 114 Å². The number of rotatable bonds is 4. The SMILES string of the molecule is O=C(O)CNC(=O)Cc1ccc2ccc(Cl)cc2n1. The molecule has 0 aliphatic carbocycles. The fourth-order valence-corrected chi connectivity index (χ4v) is 1.80. The first-order chi connectivity index (χ1) is 9.04. The van der Waals surface area contributed by atoms with Gasteiger partial charge in [0, 0.05) is 10.4 Å². The Hall–Kier alpha value is -2.14. The molecule has 0 aliphatic heterocycles. The second kappa shape index (κ2) is 5.67. The van der Waals surface area contributed by atoms with Gasteiger partial charge in [0.25, 0.3) is 0 Å². The largest absolute Gasteiger partial charge is 0.480 e. The van der Waals surface area contributed by atoms with Crippen molar-refractivity contribution >= 4 is 34.4 Å². The predicted molar refractivity (Wildman–Crippen MR) is 71.1 cm³/mol. The predicted octanol–water partition coefficient (Wildman–Crippen LogP) is 1.63. The number of amides is 1. The average Bonchev–Trinajstić information content (AvgIpc) is 2.36. The zero-order valence-electron chi connectivity index (χ0n) is 9.89. The molecule has 0 spiro atoms. The van der Waals surface area contributed by atoms with Gasteiger partial charge in [-0.3, -0.25) is 14.6 Å². The highest BCUT2D eigenvalue weighted by Crippen LogP contribution is 2.18. The molecule has 5 nitrogen and oxygen atoms in total. The third-order valence-electron chi connectivity index (χ3n) is 2.49. The van der Waals surface area contributed by atoms with Crippen molar-refractivity contribution in [1.29, 1.82) is 0 Å². The molecule has 2 aromatic rings. The Balaban J connectivity index is 2.12. The number of nitrogens with one attached hydrogen (secondary N) is 1. The first-order valence-electron chi connectivity index (χ1n) is 5.58. The van der Waals surface area contributed by atoms with Crippen molar-refractivity contribution in [2.45, 2.75) is 6.42 Å². The normalized spacial score (nSPS) is 10.4. The van der Waals surface area contributed by atoms with E-state index in [1.54, 1.807) is 18.2 Å². The van der Waals surface area contributed by atoms with E-state index in [0.29, 0.717) is 16.2 Å². The lowest BCUT2D eigenvalue weighted by Crippen LogP contribution is -2.30. The molecule has 0 saturated heterocycles. The summed E-state index contributed by atoms with van der Waals surface area (Å²) in [5, 5.41) is 12.2.